The second-order valence-corrected chi connectivity index (χ2v) is 5.51. The fraction of sp³-hybridized carbons (Fsp3) is 0.444. The first-order valence-electron chi connectivity index (χ1n) is 7.40. The lowest BCUT2D eigenvalue weighted by molar-refractivity contribution is 0.234. The predicted molar refractivity (Wildman–Crippen MR) is 88.9 cm³/mol. The Labute approximate surface area is 124 Å². The van der Waals surface area contributed by atoms with Gasteiger partial charge in [-0.15, -0.1) is 13.2 Å². The lowest BCUT2D eigenvalue weighted by atomic mass is 10.0. The number of nitrogens with one attached hydrogen (secondary N) is 1. The molecule has 1 rings (SSSR count). The van der Waals surface area contributed by atoms with E-state index in [0.717, 1.165) is 26.2 Å². The molecular formula is C18H28N2. The van der Waals surface area contributed by atoms with E-state index in [2.05, 4.69) is 67.6 Å². The predicted octanol–water partition coefficient (Wildman–Crippen LogP) is 3.65. The molecular weight excluding hydrogens is 244 g/mol. The molecule has 110 valence electrons. The van der Waals surface area contributed by atoms with Crippen LogP contribution >= 0.6 is 0 Å². The highest BCUT2D eigenvalue weighted by molar-refractivity contribution is 5.20. The van der Waals surface area contributed by atoms with Crippen LogP contribution in [-0.4, -0.2) is 31.1 Å². The molecule has 0 aliphatic carbocycles. The molecule has 0 spiro atoms. The van der Waals surface area contributed by atoms with Crippen molar-refractivity contribution in [2.45, 2.75) is 19.9 Å². The van der Waals surface area contributed by atoms with Gasteiger partial charge in [0.25, 0.3) is 0 Å². The van der Waals surface area contributed by atoms with Gasteiger partial charge in [0.1, 0.15) is 0 Å². The van der Waals surface area contributed by atoms with E-state index in [4.69, 9.17) is 0 Å². The van der Waals surface area contributed by atoms with Crippen LogP contribution in [0.15, 0.2) is 55.6 Å². The second kappa shape index (κ2) is 9.51. The fourth-order valence-electron chi connectivity index (χ4n) is 2.30. The molecule has 1 atom stereocenters. The minimum absolute atomic E-state index is 0.353. The van der Waals surface area contributed by atoms with E-state index >= 15 is 0 Å². The summed E-state index contributed by atoms with van der Waals surface area (Å²) in [5, 5.41) is 3.57. The smallest absolute Gasteiger partial charge is 0.0479 e. The Bertz CT molecular complexity index is 374. The van der Waals surface area contributed by atoms with E-state index in [-0.39, 0.29) is 0 Å². The van der Waals surface area contributed by atoms with Crippen molar-refractivity contribution in [3.63, 3.8) is 0 Å². The van der Waals surface area contributed by atoms with Crippen molar-refractivity contribution in [1.82, 2.24) is 10.2 Å². The van der Waals surface area contributed by atoms with E-state index in [0.29, 0.717) is 12.0 Å². The van der Waals surface area contributed by atoms with Crippen LogP contribution in [0.2, 0.25) is 0 Å². The summed E-state index contributed by atoms with van der Waals surface area (Å²) in [6, 6.07) is 11.0. The van der Waals surface area contributed by atoms with Gasteiger partial charge in [-0.3, -0.25) is 4.90 Å². The third-order valence-corrected chi connectivity index (χ3v) is 3.24. The van der Waals surface area contributed by atoms with Crippen molar-refractivity contribution in [2.75, 3.05) is 26.2 Å². The van der Waals surface area contributed by atoms with Crippen LogP contribution < -0.4 is 5.32 Å². The quantitative estimate of drug-likeness (QED) is 0.654. The monoisotopic (exact) mass is 272 g/mol. The Balaban J connectivity index is 2.81. The lowest BCUT2D eigenvalue weighted by Gasteiger charge is -2.31. The third kappa shape index (κ3) is 5.72. The summed E-state index contributed by atoms with van der Waals surface area (Å²) in [5.74, 6) is 0.665. The third-order valence-electron chi connectivity index (χ3n) is 3.24. The highest BCUT2D eigenvalue weighted by atomic mass is 15.2. The van der Waals surface area contributed by atoms with E-state index in [1.165, 1.54) is 5.56 Å². The summed E-state index contributed by atoms with van der Waals surface area (Å²) < 4.78 is 0. The van der Waals surface area contributed by atoms with Crippen molar-refractivity contribution >= 4 is 0 Å². The maximum absolute atomic E-state index is 3.87. The molecule has 1 aromatic rings. The number of nitrogens with zero attached hydrogens (tertiary/aromatic N) is 1. The molecule has 0 radical (unpaired) electrons. The first-order chi connectivity index (χ1) is 9.69. The Morgan fingerprint density at radius 1 is 1.05 bits per heavy atom. The van der Waals surface area contributed by atoms with Gasteiger partial charge >= 0.3 is 0 Å². The Kier molecular flexibility index (Phi) is 7.93. The first-order valence-corrected chi connectivity index (χ1v) is 7.40. The van der Waals surface area contributed by atoms with Crippen molar-refractivity contribution in [3.05, 3.63) is 61.2 Å². The van der Waals surface area contributed by atoms with Crippen molar-refractivity contribution in [1.29, 1.82) is 0 Å². The van der Waals surface area contributed by atoms with Crippen LogP contribution in [0.25, 0.3) is 0 Å². The van der Waals surface area contributed by atoms with Gasteiger partial charge in [-0.1, -0.05) is 56.3 Å². The average Bonchev–Trinajstić information content (AvgIpc) is 2.44. The summed E-state index contributed by atoms with van der Waals surface area (Å²) in [4.78, 5) is 2.39. The summed E-state index contributed by atoms with van der Waals surface area (Å²) in [7, 11) is 0. The molecule has 0 aliphatic heterocycles. The van der Waals surface area contributed by atoms with Gasteiger partial charge in [0.2, 0.25) is 0 Å². The normalized spacial score (nSPS) is 12.6. The standard InChI is InChI=1S/C18H28N2/c1-5-12-20(13-6-2)18(15-19-14-16(3)4)17-10-8-7-9-11-17/h5-11,16,18-19H,1-2,12-15H2,3-4H3. The SMILES string of the molecule is C=CCN(CC=C)C(CNCC(C)C)c1ccccc1. The minimum atomic E-state index is 0.353. The molecule has 0 fully saturated rings. The Morgan fingerprint density at radius 2 is 1.65 bits per heavy atom. The molecule has 1 N–H and O–H groups in total. The van der Waals surface area contributed by atoms with Crippen LogP contribution in [0, 0.1) is 5.92 Å². The summed E-state index contributed by atoms with van der Waals surface area (Å²) in [5.41, 5.74) is 1.34. The molecule has 20 heavy (non-hydrogen) atoms. The molecule has 0 bridgehead atoms. The summed E-state index contributed by atoms with van der Waals surface area (Å²) >= 11 is 0. The van der Waals surface area contributed by atoms with E-state index in [1.54, 1.807) is 0 Å². The van der Waals surface area contributed by atoms with Crippen LogP contribution in [0.5, 0.6) is 0 Å². The summed E-state index contributed by atoms with van der Waals surface area (Å²) in [6.45, 7) is 15.9. The van der Waals surface area contributed by atoms with Crippen LogP contribution in [0.1, 0.15) is 25.5 Å². The molecule has 0 aliphatic rings. The Hall–Kier alpha value is -1.38. The average molecular weight is 272 g/mol. The highest BCUT2D eigenvalue weighted by Gasteiger charge is 2.18. The van der Waals surface area contributed by atoms with Crippen molar-refractivity contribution in [3.8, 4) is 0 Å². The first kappa shape index (κ1) is 16.7. The maximum Gasteiger partial charge on any atom is 0.0479 e. The van der Waals surface area contributed by atoms with Gasteiger partial charge in [-0.2, -0.15) is 0 Å². The topological polar surface area (TPSA) is 15.3 Å². The largest absolute Gasteiger partial charge is 0.315 e. The zero-order valence-electron chi connectivity index (χ0n) is 12.9. The number of rotatable bonds is 10. The number of hydrogen-bond donors (Lipinski definition) is 1. The second-order valence-electron chi connectivity index (χ2n) is 5.51. The molecule has 0 aromatic heterocycles. The zero-order valence-corrected chi connectivity index (χ0v) is 12.9. The van der Waals surface area contributed by atoms with Crippen LogP contribution in [0.4, 0.5) is 0 Å². The molecule has 0 saturated heterocycles. The number of benzene rings is 1. The van der Waals surface area contributed by atoms with E-state index in [9.17, 15) is 0 Å². The minimum Gasteiger partial charge on any atom is -0.315 e. The maximum atomic E-state index is 3.87. The van der Waals surface area contributed by atoms with Crippen molar-refractivity contribution < 1.29 is 0 Å². The van der Waals surface area contributed by atoms with Gasteiger partial charge in [-0.05, 0) is 18.0 Å². The zero-order chi connectivity index (χ0) is 14.8. The van der Waals surface area contributed by atoms with Crippen molar-refractivity contribution in [2.24, 2.45) is 5.92 Å². The van der Waals surface area contributed by atoms with E-state index < -0.39 is 0 Å². The van der Waals surface area contributed by atoms with Gasteiger partial charge < -0.3 is 5.32 Å². The van der Waals surface area contributed by atoms with Gasteiger partial charge in [0.05, 0.1) is 0 Å². The Morgan fingerprint density at radius 3 is 2.15 bits per heavy atom. The fourth-order valence-corrected chi connectivity index (χ4v) is 2.30. The van der Waals surface area contributed by atoms with Gasteiger partial charge in [-0.25, -0.2) is 0 Å². The molecule has 0 saturated carbocycles. The molecule has 2 nitrogen and oxygen atoms in total. The number of hydrogen-bond acceptors (Lipinski definition) is 2. The molecule has 2 heteroatoms. The molecule has 1 unspecified atom stereocenters. The molecule has 1 aromatic carbocycles. The molecule has 0 heterocycles. The molecule has 0 amide bonds. The lowest BCUT2D eigenvalue weighted by Crippen LogP contribution is -2.37. The van der Waals surface area contributed by atoms with Gasteiger partial charge in [0.15, 0.2) is 0 Å². The van der Waals surface area contributed by atoms with Crippen LogP contribution in [-0.2, 0) is 0 Å². The highest BCUT2D eigenvalue weighted by Crippen LogP contribution is 2.20. The van der Waals surface area contributed by atoms with E-state index in [1.807, 2.05) is 12.2 Å². The summed E-state index contributed by atoms with van der Waals surface area (Å²) in [6.07, 6.45) is 3.92. The van der Waals surface area contributed by atoms with Crippen LogP contribution in [0.3, 0.4) is 0 Å². The van der Waals surface area contributed by atoms with Gasteiger partial charge in [0, 0.05) is 25.7 Å².